The maximum absolute atomic E-state index is 14.3. The Bertz CT molecular complexity index is 1530. The maximum Gasteiger partial charge on any atom is 0.331 e. The summed E-state index contributed by atoms with van der Waals surface area (Å²) in [4.78, 5) is 29.8. The third-order valence-electron chi connectivity index (χ3n) is 5.95. The minimum Gasteiger partial charge on any atom is -0.485 e. The van der Waals surface area contributed by atoms with Gasteiger partial charge in [0.25, 0.3) is 5.56 Å². The number of aromatic nitrogens is 3. The Labute approximate surface area is 207 Å². The Kier molecular flexibility index (Phi) is 6.20. The number of pyridine rings is 1. The van der Waals surface area contributed by atoms with Crippen LogP contribution in [0.4, 0.5) is 8.78 Å². The molecular weight excluding hydrogens is 498 g/mol. The predicted molar refractivity (Wildman–Crippen MR) is 132 cm³/mol. The Hall–Kier alpha value is -3.08. The van der Waals surface area contributed by atoms with Crippen molar-refractivity contribution in [2.24, 2.45) is 7.05 Å². The van der Waals surface area contributed by atoms with Crippen LogP contribution in [-0.2, 0) is 13.6 Å². The molecule has 0 radical (unpaired) electrons. The Morgan fingerprint density at radius 2 is 2.06 bits per heavy atom. The molecule has 0 aliphatic carbocycles. The lowest BCUT2D eigenvalue weighted by molar-refractivity contribution is 0.140. The summed E-state index contributed by atoms with van der Waals surface area (Å²) in [6, 6.07) is 7.10. The van der Waals surface area contributed by atoms with Crippen LogP contribution in [0.1, 0.15) is 10.4 Å². The second-order valence-electron chi connectivity index (χ2n) is 8.48. The van der Waals surface area contributed by atoms with Gasteiger partial charge in [-0.3, -0.25) is 14.3 Å². The molecule has 1 aliphatic rings. The lowest BCUT2D eigenvalue weighted by Gasteiger charge is -2.20. The molecule has 0 saturated carbocycles. The van der Waals surface area contributed by atoms with E-state index >= 15 is 0 Å². The molecule has 1 aromatic carbocycles. The number of thiophene rings is 1. The summed E-state index contributed by atoms with van der Waals surface area (Å²) in [5, 5.41) is 3.49. The van der Waals surface area contributed by atoms with Gasteiger partial charge < -0.3 is 14.6 Å². The van der Waals surface area contributed by atoms with Gasteiger partial charge in [-0.25, -0.2) is 9.18 Å². The maximum atomic E-state index is 14.3. The second-order valence-corrected chi connectivity index (χ2v) is 10.1. The number of nitrogens with zero attached hydrogens (tertiary/aromatic N) is 3. The molecule has 1 N–H and O–H groups in total. The van der Waals surface area contributed by atoms with Crippen molar-refractivity contribution in [2.75, 3.05) is 13.1 Å². The van der Waals surface area contributed by atoms with E-state index in [4.69, 9.17) is 16.3 Å². The molecule has 11 heteroatoms. The number of nitrogens with one attached hydrogen (secondary N) is 1. The van der Waals surface area contributed by atoms with E-state index in [0.717, 1.165) is 31.2 Å². The molecule has 2 atom stereocenters. The van der Waals surface area contributed by atoms with E-state index in [9.17, 15) is 18.4 Å². The first-order valence-electron chi connectivity index (χ1n) is 10.9. The molecule has 0 unspecified atom stereocenters. The number of halogens is 3. The molecule has 5 rings (SSSR count). The summed E-state index contributed by atoms with van der Waals surface area (Å²) in [5.74, 6) is -0.473. The molecule has 0 bridgehead atoms. The first-order chi connectivity index (χ1) is 16.7. The van der Waals surface area contributed by atoms with Crippen molar-refractivity contribution < 1.29 is 13.5 Å². The third-order valence-corrected chi connectivity index (χ3v) is 7.31. The number of aryl methyl sites for hydroxylation is 2. The van der Waals surface area contributed by atoms with Crippen molar-refractivity contribution in [2.45, 2.75) is 25.7 Å². The molecule has 35 heavy (non-hydrogen) atoms. The molecule has 7 nitrogen and oxygen atoms in total. The summed E-state index contributed by atoms with van der Waals surface area (Å²) in [6.45, 7) is 2.39. The Morgan fingerprint density at radius 3 is 2.80 bits per heavy atom. The average molecular weight is 519 g/mol. The SMILES string of the molecule is Cc1cc(Cl)cc(-c2ccnc3cc(Cn4c(=O)c(F)cn(C)c4=O)sc23)c1O[C@@H]1CNC[C@@H]1F. The minimum atomic E-state index is -1.13. The fraction of sp³-hybridized carbons (Fsp3) is 0.292. The van der Waals surface area contributed by atoms with E-state index < -0.39 is 29.3 Å². The van der Waals surface area contributed by atoms with Crippen molar-refractivity contribution in [3.8, 4) is 16.9 Å². The van der Waals surface area contributed by atoms with E-state index in [1.54, 1.807) is 24.4 Å². The quantitative estimate of drug-likeness (QED) is 0.436. The average Bonchev–Trinajstić information content (AvgIpc) is 3.42. The van der Waals surface area contributed by atoms with Crippen molar-refractivity contribution in [3.05, 3.63) is 78.8 Å². The first-order valence-corrected chi connectivity index (χ1v) is 12.1. The van der Waals surface area contributed by atoms with Crippen LogP contribution >= 0.6 is 22.9 Å². The summed E-state index contributed by atoms with van der Waals surface area (Å²) in [5.41, 5.74) is 1.27. The van der Waals surface area contributed by atoms with Gasteiger partial charge in [-0.2, -0.15) is 4.39 Å². The van der Waals surface area contributed by atoms with Gasteiger partial charge in [0.15, 0.2) is 6.17 Å². The molecule has 4 heterocycles. The monoisotopic (exact) mass is 518 g/mol. The molecule has 4 aromatic rings. The van der Waals surface area contributed by atoms with Gasteiger partial charge in [0.2, 0.25) is 5.82 Å². The molecule has 1 fully saturated rings. The summed E-state index contributed by atoms with van der Waals surface area (Å²) >= 11 is 7.71. The highest BCUT2D eigenvalue weighted by Gasteiger charge is 2.30. The zero-order valence-electron chi connectivity index (χ0n) is 18.8. The van der Waals surface area contributed by atoms with Crippen LogP contribution in [0.2, 0.25) is 5.02 Å². The highest BCUT2D eigenvalue weighted by molar-refractivity contribution is 7.19. The van der Waals surface area contributed by atoms with Crippen LogP contribution in [0, 0.1) is 12.7 Å². The van der Waals surface area contributed by atoms with Gasteiger partial charge in [-0.05, 0) is 36.8 Å². The van der Waals surface area contributed by atoms with Gasteiger partial charge in [0.05, 0.1) is 16.8 Å². The topological polar surface area (TPSA) is 78.2 Å². The number of rotatable bonds is 5. The standard InChI is InChI=1S/C24H21ClF2N4O3S/c1-12-5-13(25)6-16(21(12)34-20-9-28-8-17(20)26)15-3-4-29-19-7-14(35-22(15)19)10-31-23(32)18(27)11-30(2)24(31)33/h3-7,11,17,20,28H,8-10H2,1-2H3/t17-,20+/m0/s1. The fourth-order valence-corrected chi connectivity index (χ4v) is 5.64. The largest absolute Gasteiger partial charge is 0.485 e. The van der Waals surface area contributed by atoms with Crippen LogP contribution in [0.25, 0.3) is 21.3 Å². The molecule has 3 aromatic heterocycles. The van der Waals surface area contributed by atoms with E-state index in [1.165, 1.54) is 18.4 Å². The smallest absolute Gasteiger partial charge is 0.331 e. The normalized spacial score (nSPS) is 17.9. The van der Waals surface area contributed by atoms with Crippen molar-refractivity contribution in [1.82, 2.24) is 19.4 Å². The first kappa shape index (κ1) is 23.7. The third kappa shape index (κ3) is 4.37. The lowest BCUT2D eigenvalue weighted by Crippen LogP contribution is -2.40. The van der Waals surface area contributed by atoms with Gasteiger partial charge in [0, 0.05) is 53.6 Å². The second kappa shape index (κ2) is 9.18. The van der Waals surface area contributed by atoms with E-state index in [-0.39, 0.29) is 13.1 Å². The summed E-state index contributed by atoms with van der Waals surface area (Å²) in [6.07, 6.45) is 0.754. The predicted octanol–water partition coefficient (Wildman–Crippen LogP) is 3.66. The minimum absolute atomic E-state index is 0.0983. The van der Waals surface area contributed by atoms with E-state index in [0.29, 0.717) is 33.3 Å². The van der Waals surface area contributed by atoms with Gasteiger partial charge in [0.1, 0.15) is 11.9 Å². The number of alkyl halides is 1. The van der Waals surface area contributed by atoms with Crippen LogP contribution in [0.15, 0.2) is 46.2 Å². The molecular formula is C24H21ClF2N4O3S. The van der Waals surface area contributed by atoms with Gasteiger partial charge in [-0.15, -0.1) is 11.3 Å². The Morgan fingerprint density at radius 1 is 1.26 bits per heavy atom. The fourth-order valence-electron chi connectivity index (χ4n) is 4.24. The number of ether oxygens (including phenoxy) is 1. The zero-order valence-corrected chi connectivity index (χ0v) is 20.4. The highest BCUT2D eigenvalue weighted by atomic mass is 35.5. The highest BCUT2D eigenvalue weighted by Crippen LogP contribution is 2.42. The van der Waals surface area contributed by atoms with Crippen LogP contribution in [0.5, 0.6) is 5.75 Å². The van der Waals surface area contributed by atoms with Gasteiger partial charge in [-0.1, -0.05) is 11.6 Å². The van der Waals surface area contributed by atoms with Crippen LogP contribution < -0.4 is 21.3 Å². The number of fused-ring (bicyclic) bond motifs is 1. The molecule has 182 valence electrons. The van der Waals surface area contributed by atoms with Crippen LogP contribution in [-0.4, -0.2) is 39.5 Å². The molecule has 1 aliphatic heterocycles. The van der Waals surface area contributed by atoms with E-state index in [2.05, 4.69) is 10.3 Å². The molecule has 0 amide bonds. The molecule has 0 spiro atoms. The van der Waals surface area contributed by atoms with E-state index in [1.807, 2.05) is 13.0 Å². The summed E-state index contributed by atoms with van der Waals surface area (Å²) in [7, 11) is 1.39. The van der Waals surface area contributed by atoms with Gasteiger partial charge >= 0.3 is 5.69 Å². The number of benzene rings is 1. The summed E-state index contributed by atoms with van der Waals surface area (Å²) < 4.78 is 37.1. The van der Waals surface area contributed by atoms with Crippen molar-refractivity contribution in [1.29, 1.82) is 0 Å². The molecule has 1 saturated heterocycles. The number of hydrogen-bond donors (Lipinski definition) is 1. The Balaban J connectivity index is 1.61. The van der Waals surface area contributed by atoms with Crippen LogP contribution in [0.3, 0.4) is 0 Å². The number of hydrogen-bond acceptors (Lipinski definition) is 6. The lowest BCUT2D eigenvalue weighted by atomic mass is 10.0. The zero-order chi connectivity index (χ0) is 24.9. The van der Waals surface area contributed by atoms with Crippen molar-refractivity contribution >= 4 is 33.2 Å². The van der Waals surface area contributed by atoms with Crippen molar-refractivity contribution in [3.63, 3.8) is 0 Å².